The van der Waals surface area contributed by atoms with Crippen LogP contribution in [0.2, 0.25) is 0 Å². The Morgan fingerprint density at radius 2 is 2.00 bits per heavy atom. The summed E-state index contributed by atoms with van der Waals surface area (Å²) in [6.07, 6.45) is 4.53. The van der Waals surface area contributed by atoms with Gasteiger partial charge in [0.2, 0.25) is 0 Å². The van der Waals surface area contributed by atoms with Crippen LogP contribution in [0.3, 0.4) is 0 Å². The summed E-state index contributed by atoms with van der Waals surface area (Å²) < 4.78 is 5.07. The van der Waals surface area contributed by atoms with Gasteiger partial charge in [0, 0.05) is 4.88 Å². The van der Waals surface area contributed by atoms with Crippen molar-refractivity contribution >= 4 is 29.1 Å². The maximum Gasteiger partial charge on any atom is 0.327 e. The Bertz CT molecular complexity index is 865. The smallest absolute Gasteiger partial charge is 0.327 e. The van der Waals surface area contributed by atoms with Gasteiger partial charge in [-0.25, -0.2) is 0 Å². The summed E-state index contributed by atoms with van der Waals surface area (Å²) in [7, 11) is 0. The molecule has 2 aromatic heterocycles. The van der Waals surface area contributed by atoms with Crippen molar-refractivity contribution in [3.63, 3.8) is 0 Å². The number of carbonyl (C=O) groups is 3. The number of carbonyl (C=O) groups excluding carboxylic acids is 3. The number of amides is 3. The van der Waals surface area contributed by atoms with Gasteiger partial charge in [-0.15, -0.1) is 11.3 Å². The van der Waals surface area contributed by atoms with Gasteiger partial charge in [-0.3, -0.25) is 25.2 Å². The molecule has 8 heteroatoms. The van der Waals surface area contributed by atoms with Gasteiger partial charge < -0.3 is 9.73 Å². The number of hydrazine groups is 1. The number of hydrogen-bond acceptors (Lipinski definition) is 5. The summed E-state index contributed by atoms with van der Waals surface area (Å²) in [6, 6.07) is 5.27. The highest BCUT2D eigenvalue weighted by atomic mass is 32.1. The van der Waals surface area contributed by atoms with E-state index < -0.39 is 17.7 Å². The molecule has 0 aromatic carbocycles. The van der Waals surface area contributed by atoms with Crippen LogP contribution < -0.4 is 16.2 Å². The van der Waals surface area contributed by atoms with Crippen LogP contribution in [0.5, 0.6) is 0 Å². The van der Waals surface area contributed by atoms with Crippen molar-refractivity contribution in [1.29, 1.82) is 0 Å². The molecule has 3 amide bonds. The summed E-state index contributed by atoms with van der Waals surface area (Å²) >= 11 is 1.45. The molecule has 7 nitrogen and oxygen atoms in total. The van der Waals surface area contributed by atoms with Crippen LogP contribution in [-0.2, 0) is 29.0 Å². The first-order valence-electron chi connectivity index (χ1n) is 9.26. The SMILES string of the molecule is CC(C)(C)[C@@H]1CCc2sc(C(=O)NNC(=O)C(=O)NCc3ccco3)cc2C1. The molecule has 0 fully saturated rings. The number of furan rings is 1. The van der Waals surface area contributed by atoms with Gasteiger partial charge in [-0.2, -0.15) is 0 Å². The summed E-state index contributed by atoms with van der Waals surface area (Å²) in [5, 5.41) is 2.41. The molecule has 0 spiro atoms. The van der Waals surface area contributed by atoms with Crippen molar-refractivity contribution < 1.29 is 18.8 Å². The molecule has 1 atom stereocenters. The fraction of sp³-hybridized carbons (Fsp3) is 0.450. The van der Waals surface area contributed by atoms with Gasteiger partial charge in [0.25, 0.3) is 5.91 Å². The lowest BCUT2D eigenvalue weighted by molar-refractivity contribution is -0.139. The summed E-state index contributed by atoms with van der Waals surface area (Å²) in [5.74, 6) is -1.09. The Morgan fingerprint density at radius 3 is 2.68 bits per heavy atom. The van der Waals surface area contributed by atoms with Crippen molar-refractivity contribution in [2.24, 2.45) is 11.3 Å². The van der Waals surface area contributed by atoms with E-state index in [-0.39, 0.29) is 12.0 Å². The van der Waals surface area contributed by atoms with Gasteiger partial charge in [0.1, 0.15) is 5.76 Å². The molecule has 1 aliphatic rings. The highest BCUT2D eigenvalue weighted by Crippen LogP contribution is 2.40. The molecule has 2 heterocycles. The lowest BCUT2D eigenvalue weighted by Gasteiger charge is -2.33. The predicted octanol–water partition coefficient (Wildman–Crippen LogP) is 2.57. The first kappa shape index (κ1) is 20.1. The molecule has 2 aromatic rings. The molecule has 0 radical (unpaired) electrons. The van der Waals surface area contributed by atoms with Crippen molar-refractivity contribution in [3.8, 4) is 0 Å². The minimum atomic E-state index is -0.936. The van der Waals surface area contributed by atoms with Crippen molar-refractivity contribution in [2.45, 2.75) is 46.6 Å². The quantitative estimate of drug-likeness (QED) is 0.542. The van der Waals surface area contributed by atoms with Gasteiger partial charge in [-0.1, -0.05) is 20.8 Å². The summed E-state index contributed by atoms with van der Waals surface area (Å²) in [6.45, 7) is 6.83. The van der Waals surface area contributed by atoms with Crippen molar-refractivity contribution in [1.82, 2.24) is 16.2 Å². The monoisotopic (exact) mass is 403 g/mol. The van der Waals surface area contributed by atoms with E-state index in [1.165, 1.54) is 28.0 Å². The van der Waals surface area contributed by atoms with Gasteiger partial charge in [0.05, 0.1) is 17.7 Å². The zero-order valence-corrected chi connectivity index (χ0v) is 17.1. The van der Waals surface area contributed by atoms with Crippen molar-refractivity contribution in [2.75, 3.05) is 0 Å². The fourth-order valence-electron chi connectivity index (χ4n) is 3.27. The molecule has 28 heavy (non-hydrogen) atoms. The Balaban J connectivity index is 1.51. The Morgan fingerprint density at radius 1 is 1.21 bits per heavy atom. The third-order valence-electron chi connectivity index (χ3n) is 5.03. The molecule has 1 aliphatic carbocycles. The third kappa shape index (κ3) is 4.81. The number of fused-ring (bicyclic) bond motifs is 1. The lowest BCUT2D eigenvalue weighted by atomic mass is 9.72. The minimum Gasteiger partial charge on any atom is -0.467 e. The minimum absolute atomic E-state index is 0.0970. The Labute approximate surface area is 167 Å². The average molecular weight is 404 g/mol. The number of rotatable bonds is 3. The van der Waals surface area contributed by atoms with Crippen LogP contribution in [0.1, 0.15) is 53.1 Å². The molecule has 150 valence electrons. The van der Waals surface area contributed by atoms with E-state index in [1.807, 2.05) is 6.07 Å². The zero-order valence-electron chi connectivity index (χ0n) is 16.3. The molecule has 3 N–H and O–H groups in total. The topological polar surface area (TPSA) is 100 Å². The first-order chi connectivity index (χ1) is 13.2. The zero-order chi connectivity index (χ0) is 20.3. The standard InChI is InChI=1S/C20H25N3O4S/c1-20(2,3)13-6-7-15-12(9-13)10-16(28-15)17(24)22-23-19(26)18(25)21-11-14-5-4-8-27-14/h4-5,8,10,13H,6-7,9,11H2,1-3H3,(H,21,25)(H,22,24)(H,23,26)/t13-/m1/s1. The van der Waals surface area contributed by atoms with Gasteiger partial charge >= 0.3 is 11.8 Å². The Hall–Kier alpha value is -2.61. The predicted molar refractivity (Wildman–Crippen MR) is 105 cm³/mol. The molecule has 0 unspecified atom stereocenters. The summed E-state index contributed by atoms with van der Waals surface area (Å²) in [5.41, 5.74) is 5.91. The van der Waals surface area contributed by atoms with E-state index >= 15 is 0 Å². The van der Waals surface area contributed by atoms with E-state index in [4.69, 9.17) is 4.42 Å². The van der Waals surface area contributed by atoms with Gasteiger partial charge in [0.15, 0.2) is 0 Å². The van der Waals surface area contributed by atoms with Crippen LogP contribution in [0.25, 0.3) is 0 Å². The molecule has 3 rings (SSSR count). The molecule has 0 bridgehead atoms. The van der Waals surface area contributed by atoms with Crippen LogP contribution in [0.4, 0.5) is 0 Å². The lowest BCUT2D eigenvalue weighted by Crippen LogP contribution is -2.48. The number of nitrogens with one attached hydrogen (secondary N) is 3. The van der Waals surface area contributed by atoms with Crippen LogP contribution in [-0.4, -0.2) is 17.7 Å². The number of thiophene rings is 1. The second kappa shape index (κ2) is 8.18. The van der Waals surface area contributed by atoms with Gasteiger partial charge in [-0.05, 0) is 54.4 Å². The van der Waals surface area contributed by atoms with E-state index in [0.29, 0.717) is 16.6 Å². The maximum absolute atomic E-state index is 12.4. The first-order valence-corrected chi connectivity index (χ1v) is 10.1. The molecule has 0 aliphatic heterocycles. The number of hydrogen-bond donors (Lipinski definition) is 3. The molecule has 0 saturated carbocycles. The largest absolute Gasteiger partial charge is 0.467 e. The van der Waals surface area contributed by atoms with Crippen LogP contribution in [0, 0.1) is 11.3 Å². The number of aryl methyl sites for hydroxylation is 1. The van der Waals surface area contributed by atoms with E-state index in [9.17, 15) is 14.4 Å². The van der Waals surface area contributed by atoms with Crippen LogP contribution >= 0.6 is 11.3 Å². The summed E-state index contributed by atoms with van der Waals surface area (Å²) in [4.78, 5) is 37.7. The fourth-order valence-corrected chi connectivity index (χ4v) is 4.37. The van der Waals surface area contributed by atoms with E-state index in [0.717, 1.165) is 19.3 Å². The van der Waals surface area contributed by atoms with E-state index in [2.05, 4.69) is 36.9 Å². The second-order valence-electron chi connectivity index (χ2n) is 8.04. The second-order valence-corrected chi connectivity index (χ2v) is 9.17. The van der Waals surface area contributed by atoms with Crippen molar-refractivity contribution in [3.05, 3.63) is 45.5 Å². The molecular formula is C20H25N3O4S. The highest BCUT2D eigenvalue weighted by Gasteiger charge is 2.30. The highest BCUT2D eigenvalue weighted by molar-refractivity contribution is 7.14. The van der Waals surface area contributed by atoms with Crippen LogP contribution in [0.15, 0.2) is 28.9 Å². The molecular weight excluding hydrogens is 378 g/mol. The normalized spacial score (nSPS) is 16.2. The third-order valence-corrected chi connectivity index (χ3v) is 6.27. The molecule has 0 saturated heterocycles. The Kier molecular flexibility index (Phi) is 5.88. The average Bonchev–Trinajstić information content (AvgIpc) is 3.31. The maximum atomic E-state index is 12.4. The van der Waals surface area contributed by atoms with E-state index in [1.54, 1.807) is 12.1 Å².